The Balaban J connectivity index is 2.10. The van der Waals surface area contributed by atoms with Crippen molar-refractivity contribution in [3.63, 3.8) is 0 Å². The SMILES string of the molecule is CC1(C)CCCN(Cc2cccc([N+](=O)[O-])c2F)CC1. The van der Waals surface area contributed by atoms with Crippen LogP contribution >= 0.6 is 0 Å². The molecule has 0 aliphatic carbocycles. The second-order valence-corrected chi connectivity index (χ2v) is 6.30. The fraction of sp³-hybridized carbons (Fsp3) is 0.600. The van der Waals surface area contributed by atoms with Gasteiger partial charge in [0.1, 0.15) is 0 Å². The maximum Gasteiger partial charge on any atom is 0.305 e. The molecule has 0 aromatic heterocycles. The monoisotopic (exact) mass is 280 g/mol. The first-order valence-electron chi connectivity index (χ1n) is 7.03. The van der Waals surface area contributed by atoms with Crippen LogP contribution in [0.3, 0.4) is 0 Å². The number of nitro benzene ring substituents is 1. The van der Waals surface area contributed by atoms with Gasteiger partial charge in [0, 0.05) is 18.2 Å². The van der Waals surface area contributed by atoms with Crippen molar-refractivity contribution in [2.45, 2.75) is 39.7 Å². The highest BCUT2D eigenvalue weighted by Crippen LogP contribution is 2.30. The van der Waals surface area contributed by atoms with Crippen molar-refractivity contribution in [2.75, 3.05) is 13.1 Å². The molecule has 2 rings (SSSR count). The molecule has 5 heteroatoms. The topological polar surface area (TPSA) is 46.4 Å². The summed E-state index contributed by atoms with van der Waals surface area (Å²) in [6, 6.07) is 4.40. The normalized spacial score (nSPS) is 19.6. The number of hydrogen-bond acceptors (Lipinski definition) is 3. The van der Waals surface area contributed by atoms with Crippen LogP contribution in [0, 0.1) is 21.3 Å². The van der Waals surface area contributed by atoms with Gasteiger partial charge in [0.2, 0.25) is 5.82 Å². The second kappa shape index (κ2) is 5.87. The van der Waals surface area contributed by atoms with E-state index in [4.69, 9.17) is 0 Å². The van der Waals surface area contributed by atoms with Crippen LogP contribution in [0.2, 0.25) is 0 Å². The third-order valence-corrected chi connectivity index (χ3v) is 4.08. The van der Waals surface area contributed by atoms with Crippen LogP contribution in [0.1, 0.15) is 38.7 Å². The zero-order chi connectivity index (χ0) is 14.8. The molecular weight excluding hydrogens is 259 g/mol. The molecule has 0 unspecified atom stereocenters. The van der Waals surface area contributed by atoms with E-state index in [9.17, 15) is 14.5 Å². The molecule has 1 heterocycles. The molecule has 4 nitrogen and oxygen atoms in total. The summed E-state index contributed by atoms with van der Waals surface area (Å²) in [4.78, 5) is 12.3. The Hall–Kier alpha value is -1.49. The van der Waals surface area contributed by atoms with E-state index >= 15 is 0 Å². The van der Waals surface area contributed by atoms with Gasteiger partial charge in [-0.05, 0) is 37.8 Å². The van der Waals surface area contributed by atoms with Crippen molar-refractivity contribution in [1.82, 2.24) is 4.90 Å². The highest BCUT2D eigenvalue weighted by Gasteiger charge is 2.24. The molecule has 1 aromatic rings. The number of likely N-dealkylation sites (tertiary alicyclic amines) is 1. The Labute approximate surface area is 118 Å². The first kappa shape index (κ1) is 14.9. The zero-order valence-electron chi connectivity index (χ0n) is 12.1. The Kier molecular flexibility index (Phi) is 4.38. The number of nitro groups is 1. The van der Waals surface area contributed by atoms with Gasteiger partial charge in [0.25, 0.3) is 0 Å². The first-order chi connectivity index (χ1) is 9.39. The number of halogens is 1. The predicted molar refractivity (Wildman–Crippen MR) is 76.0 cm³/mol. The number of rotatable bonds is 3. The quantitative estimate of drug-likeness (QED) is 0.626. The van der Waals surface area contributed by atoms with Crippen LogP contribution in [0.15, 0.2) is 18.2 Å². The van der Waals surface area contributed by atoms with E-state index < -0.39 is 16.4 Å². The molecule has 0 N–H and O–H groups in total. The van der Waals surface area contributed by atoms with E-state index in [0.29, 0.717) is 17.5 Å². The van der Waals surface area contributed by atoms with Crippen LogP contribution in [0.25, 0.3) is 0 Å². The van der Waals surface area contributed by atoms with Crippen molar-refractivity contribution < 1.29 is 9.31 Å². The summed E-state index contributed by atoms with van der Waals surface area (Å²) in [6.07, 6.45) is 3.33. The molecule has 20 heavy (non-hydrogen) atoms. The Morgan fingerprint density at radius 3 is 2.80 bits per heavy atom. The fourth-order valence-corrected chi connectivity index (χ4v) is 2.71. The molecule has 1 aliphatic rings. The smallest absolute Gasteiger partial charge is 0.299 e. The summed E-state index contributed by atoms with van der Waals surface area (Å²) < 4.78 is 14.1. The summed E-state index contributed by atoms with van der Waals surface area (Å²) in [5.74, 6) is -0.694. The van der Waals surface area contributed by atoms with Gasteiger partial charge in [0.15, 0.2) is 0 Å². The average Bonchev–Trinajstić information content (AvgIpc) is 2.53. The largest absolute Gasteiger partial charge is 0.305 e. The molecule has 0 bridgehead atoms. The Morgan fingerprint density at radius 2 is 2.10 bits per heavy atom. The van der Waals surface area contributed by atoms with Gasteiger partial charge in [-0.1, -0.05) is 26.0 Å². The molecule has 1 aliphatic heterocycles. The van der Waals surface area contributed by atoms with E-state index in [1.807, 2.05) is 0 Å². The van der Waals surface area contributed by atoms with Gasteiger partial charge >= 0.3 is 5.69 Å². The third-order valence-electron chi connectivity index (χ3n) is 4.08. The maximum atomic E-state index is 14.1. The molecule has 1 saturated heterocycles. The maximum absolute atomic E-state index is 14.1. The van der Waals surface area contributed by atoms with E-state index in [2.05, 4.69) is 18.7 Å². The van der Waals surface area contributed by atoms with E-state index in [1.165, 1.54) is 12.5 Å². The van der Waals surface area contributed by atoms with Crippen LogP contribution in [-0.2, 0) is 6.54 Å². The minimum atomic E-state index is -0.694. The summed E-state index contributed by atoms with van der Waals surface area (Å²) in [5, 5.41) is 10.8. The number of hydrogen-bond donors (Lipinski definition) is 0. The molecule has 0 radical (unpaired) electrons. The van der Waals surface area contributed by atoms with E-state index in [-0.39, 0.29) is 0 Å². The third kappa shape index (κ3) is 3.54. The van der Waals surface area contributed by atoms with Crippen LogP contribution in [0.5, 0.6) is 0 Å². The van der Waals surface area contributed by atoms with Crippen molar-refractivity contribution in [1.29, 1.82) is 0 Å². The van der Waals surface area contributed by atoms with Gasteiger partial charge in [-0.2, -0.15) is 4.39 Å². The van der Waals surface area contributed by atoms with E-state index in [0.717, 1.165) is 25.9 Å². The van der Waals surface area contributed by atoms with Crippen molar-refractivity contribution in [3.05, 3.63) is 39.7 Å². The minimum absolute atomic E-state index is 0.329. The van der Waals surface area contributed by atoms with Crippen LogP contribution in [0.4, 0.5) is 10.1 Å². The van der Waals surface area contributed by atoms with Gasteiger partial charge in [-0.25, -0.2) is 0 Å². The molecule has 0 atom stereocenters. The summed E-state index contributed by atoms with van der Waals surface area (Å²) in [5.41, 5.74) is 0.312. The molecule has 1 aromatic carbocycles. The number of benzene rings is 1. The lowest BCUT2D eigenvalue weighted by atomic mass is 9.85. The summed E-state index contributed by atoms with van der Waals surface area (Å²) >= 11 is 0. The van der Waals surface area contributed by atoms with Crippen molar-refractivity contribution in [3.8, 4) is 0 Å². The molecule has 0 amide bonds. The van der Waals surface area contributed by atoms with Gasteiger partial charge in [-0.3, -0.25) is 15.0 Å². The second-order valence-electron chi connectivity index (χ2n) is 6.30. The Morgan fingerprint density at radius 1 is 1.35 bits per heavy atom. The standard InChI is InChI=1S/C15H21FN2O2/c1-15(2)7-4-9-17(10-8-15)11-12-5-3-6-13(14(12)16)18(19)20/h3,5-6H,4,7-11H2,1-2H3. The summed E-state index contributed by atoms with van der Waals surface area (Å²) in [6.45, 7) is 6.79. The highest BCUT2D eigenvalue weighted by molar-refractivity contribution is 5.36. The lowest BCUT2D eigenvalue weighted by Crippen LogP contribution is -2.25. The van der Waals surface area contributed by atoms with Gasteiger partial charge < -0.3 is 0 Å². The van der Waals surface area contributed by atoms with Gasteiger partial charge in [-0.15, -0.1) is 0 Å². The molecule has 0 saturated carbocycles. The van der Waals surface area contributed by atoms with Gasteiger partial charge in [0.05, 0.1) is 4.92 Å². The highest BCUT2D eigenvalue weighted by atomic mass is 19.1. The van der Waals surface area contributed by atoms with Crippen LogP contribution < -0.4 is 0 Å². The number of nitrogens with zero attached hydrogens (tertiary/aromatic N) is 2. The van der Waals surface area contributed by atoms with Crippen molar-refractivity contribution >= 4 is 5.69 Å². The minimum Gasteiger partial charge on any atom is -0.299 e. The molecule has 0 spiro atoms. The lowest BCUT2D eigenvalue weighted by Gasteiger charge is -2.23. The van der Waals surface area contributed by atoms with E-state index in [1.54, 1.807) is 12.1 Å². The lowest BCUT2D eigenvalue weighted by molar-refractivity contribution is -0.387. The molecule has 110 valence electrons. The zero-order valence-corrected chi connectivity index (χ0v) is 12.1. The molecule has 1 fully saturated rings. The Bertz CT molecular complexity index is 503. The average molecular weight is 280 g/mol. The van der Waals surface area contributed by atoms with Crippen LogP contribution in [-0.4, -0.2) is 22.9 Å². The fourth-order valence-electron chi connectivity index (χ4n) is 2.71. The predicted octanol–water partition coefficient (Wildman–Crippen LogP) is 3.75. The summed E-state index contributed by atoms with van der Waals surface area (Å²) in [7, 11) is 0. The van der Waals surface area contributed by atoms with Crippen molar-refractivity contribution in [2.24, 2.45) is 5.41 Å². The first-order valence-corrected chi connectivity index (χ1v) is 7.03. The molecular formula is C15H21FN2O2.